The Bertz CT molecular complexity index is 402. The number of rotatable bonds is 5. The average molecular weight is 264 g/mol. The van der Waals surface area contributed by atoms with E-state index in [9.17, 15) is 5.11 Å². The summed E-state index contributed by atoms with van der Waals surface area (Å²) in [6, 6.07) is 0. The largest absolute Gasteiger partial charge is 0.396 e. The third-order valence-electron chi connectivity index (χ3n) is 4.18. The van der Waals surface area contributed by atoms with Crippen LogP contribution in [-0.2, 0) is 0 Å². The third-order valence-corrected chi connectivity index (χ3v) is 4.18. The number of aliphatic hydroxyl groups is 1. The molecule has 0 aromatic carbocycles. The van der Waals surface area contributed by atoms with E-state index < -0.39 is 0 Å². The highest BCUT2D eigenvalue weighted by molar-refractivity contribution is 5.41. The molecule has 0 spiro atoms. The van der Waals surface area contributed by atoms with Crippen LogP contribution in [0.15, 0.2) is 12.4 Å². The maximum Gasteiger partial charge on any atom is 0.149 e. The molecule has 0 amide bonds. The van der Waals surface area contributed by atoms with Crippen LogP contribution in [-0.4, -0.2) is 34.8 Å². The fourth-order valence-electron chi connectivity index (χ4n) is 2.77. The van der Waals surface area contributed by atoms with Crippen molar-refractivity contribution in [1.82, 2.24) is 9.97 Å². The second kappa shape index (κ2) is 6.19. The van der Waals surface area contributed by atoms with Crippen LogP contribution in [0.5, 0.6) is 0 Å². The van der Waals surface area contributed by atoms with Crippen LogP contribution >= 0.6 is 0 Å². The van der Waals surface area contributed by atoms with Gasteiger partial charge in [0.1, 0.15) is 11.6 Å². The molecule has 0 bridgehead atoms. The molecule has 0 atom stereocenters. The first kappa shape index (κ1) is 14.1. The van der Waals surface area contributed by atoms with Crippen LogP contribution in [0, 0.1) is 5.41 Å². The van der Waals surface area contributed by atoms with Gasteiger partial charge in [0.05, 0.1) is 12.4 Å². The van der Waals surface area contributed by atoms with Crippen LogP contribution < -0.4 is 10.6 Å². The van der Waals surface area contributed by atoms with Crippen LogP contribution in [0.1, 0.15) is 39.0 Å². The maximum atomic E-state index is 9.70. The number of hydrogen-bond donors (Lipinski definition) is 2. The number of aliphatic hydroxyl groups excluding tert-OH is 1. The quantitative estimate of drug-likeness (QED) is 0.848. The zero-order valence-corrected chi connectivity index (χ0v) is 11.7. The van der Waals surface area contributed by atoms with Crippen molar-refractivity contribution in [2.24, 2.45) is 5.41 Å². The van der Waals surface area contributed by atoms with Gasteiger partial charge in [-0.2, -0.15) is 0 Å². The first-order valence-corrected chi connectivity index (χ1v) is 7.12. The minimum absolute atomic E-state index is 0.111. The summed E-state index contributed by atoms with van der Waals surface area (Å²) < 4.78 is 0. The van der Waals surface area contributed by atoms with Crippen molar-refractivity contribution in [2.75, 3.05) is 30.3 Å². The van der Waals surface area contributed by atoms with Crippen molar-refractivity contribution in [2.45, 2.75) is 39.0 Å². The van der Waals surface area contributed by atoms with E-state index >= 15 is 0 Å². The SMILES string of the molecule is CCCCC1(CO)CCN(c2cncc(N)n2)CC1. The van der Waals surface area contributed by atoms with E-state index in [0.717, 1.165) is 38.2 Å². The standard InChI is InChI=1S/C14H24N4O/c1-2-3-4-14(11-19)5-7-18(8-6-14)13-10-16-9-12(15)17-13/h9-10,19H,2-8,11H2,1H3,(H2,15,17). The van der Waals surface area contributed by atoms with Gasteiger partial charge in [0.2, 0.25) is 0 Å². The van der Waals surface area contributed by atoms with E-state index in [1.165, 1.54) is 12.8 Å². The Kier molecular flexibility index (Phi) is 4.58. The molecule has 1 aliphatic heterocycles. The van der Waals surface area contributed by atoms with E-state index in [-0.39, 0.29) is 5.41 Å². The molecule has 3 N–H and O–H groups in total. The summed E-state index contributed by atoms with van der Waals surface area (Å²) in [5.74, 6) is 1.31. The second-order valence-electron chi connectivity index (χ2n) is 5.55. The Morgan fingerprint density at radius 2 is 2.11 bits per heavy atom. The Labute approximate surface area is 114 Å². The number of piperidine rings is 1. The van der Waals surface area contributed by atoms with Crippen molar-refractivity contribution in [3.05, 3.63) is 12.4 Å². The summed E-state index contributed by atoms with van der Waals surface area (Å²) in [6.07, 6.45) is 8.85. The van der Waals surface area contributed by atoms with E-state index in [0.29, 0.717) is 12.4 Å². The monoisotopic (exact) mass is 264 g/mol. The Balaban J connectivity index is 1.97. The first-order valence-electron chi connectivity index (χ1n) is 7.12. The minimum atomic E-state index is 0.111. The number of anilines is 2. The van der Waals surface area contributed by atoms with Gasteiger partial charge in [0.25, 0.3) is 0 Å². The molecule has 1 aromatic heterocycles. The highest BCUT2D eigenvalue weighted by Gasteiger charge is 2.33. The topological polar surface area (TPSA) is 75.3 Å². The van der Waals surface area contributed by atoms with Gasteiger partial charge in [-0.25, -0.2) is 4.98 Å². The van der Waals surface area contributed by atoms with Crippen molar-refractivity contribution in [1.29, 1.82) is 0 Å². The molecule has 0 aliphatic carbocycles. The molecule has 0 saturated carbocycles. The molecule has 2 rings (SSSR count). The molecule has 2 heterocycles. The molecule has 1 aromatic rings. The van der Waals surface area contributed by atoms with Crippen LogP contribution in [0.4, 0.5) is 11.6 Å². The van der Waals surface area contributed by atoms with Crippen LogP contribution in [0.3, 0.4) is 0 Å². The summed E-state index contributed by atoms with van der Waals surface area (Å²) in [4.78, 5) is 10.6. The lowest BCUT2D eigenvalue weighted by atomic mass is 9.75. The molecule has 1 fully saturated rings. The van der Waals surface area contributed by atoms with Gasteiger partial charge in [0, 0.05) is 19.7 Å². The number of nitrogens with two attached hydrogens (primary N) is 1. The molecule has 1 aliphatic rings. The molecule has 19 heavy (non-hydrogen) atoms. The summed E-state index contributed by atoms with van der Waals surface area (Å²) >= 11 is 0. The normalized spacial score (nSPS) is 18.5. The maximum absolute atomic E-state index is 9.70. The van der Waals surface area contributed by atoms with E-state index in [4.69, 9.17) is 5.73 Å². The lowest BCUT2D eigenvalue weighted by molar-refractivity contribution is 0.0846. The van der Waals surface area contributed by atoms with Gasteiger partial charge < -0.3 is 15.7 Å². The summed E-state index contributed by atoms with van der Waals surface area (Å²) in [7, 11) is 0. The third kappa shape index (κ3) is 3.35. The van der Waals surface area contributed by atoms with Gasteiger partial charge in [-0.3, -0.25) is 4.98 Å². The number of nitrogen functional groups attached to an aromatic ring is 1. The van der Waals surface area contributed by atoms with Gasteiger partial charge in [-0.15, -0.1) is 0 Å². The average Bonchev–Trinajstić information content (AvgIpc) is 2.46. The smallest absolute Gasteiger partial charge is 0.149 e. The number of hydrogen-bond acceptors (Lipinski definition) is 5. The van der Waals surface area contributed by atoms with Crippen LogP contribution in [0.2, 0.25) is 0 Å². The fraction of sp³-hybridized carbons (Fsp3) is 0.714. The lowest BCUT2D eigenvalue weighted by Gasteiger charge is -2.41. The molecule has 106 valence electrons. The van der Waals surface area contributed by atoms with E-state index in [1.54, 1.807) is 12.4 Å². The van der Waals surface area contributed by atoms with Gasteiger partial charge >= 0.3 is 0 Å². The number of unbranched alkanes of at least 4 members (excludes halogenated alkanes) is 1. The van der Waals surface area contributed by atoms with Crippen molar-refractivity contribution >= 4 is 11.6 Å². The molecule has 5 nitrogen and oxygen atoms in total. The Morgan fingerprint density at radius 3 is 2.68 bits per heavy atom. The molecule has 0 radical (unpaired) electrons. The van der Waals surface area contributed by atoms with Crippen molar-refractivity contribution in [3.63, 3.8) is 0 Å². The van der Waals surface area contributed by atoms with Gasteiger partial charge in [-0.1, -0.05) is 19.8 Å². The van der Waals surface area contributed by atoms with E-state index in [2.05, 4.69) is 21.8 Å². The van der Waals surface area contributed by atoms with Gasteiger partial charge in [0.15, 0.2) is 0 Å². The molecule has 1 saturated heterocycles. The zero-order chi connectivity index (χ0) is 13.7. The lowest BCUT2D eigenvalue weighted by Crippen LogP contribution is -2.42. The highest BCUT2D eigenvalue weighted by atomic mass is 16.3. The summed E-state index contributed by atoms with van der Waals surface area (Å²) in [6.45, 7) is 4.33. The Hall–Kier alpha value is -1.36. The second-order valence-corrected chi connectivity index (χ2v) is 5.55. The summed E-state index contributed by atoms with van der Waals surface area (Å²) in [5.41, 5.74) is 5.78. The zero-order valence-electron chi connectivity index (χ0n) is 11.7. The van der Waals surface area contributed by atoms with Crippen molar-refractivity contribution < 1.29 is 5.11 Å². The highest BCUT2D eigenvalue weighted by Crippen LogP contribution is 2.37. The number of aromatic nitrogens is 2. The van der Waals surface area contributed by atoms with Gasteiger partial charge in [-0.05, 0) is 24.7 Å². The van der Waals surface area contributed by atoms with Crippen molar-refractivity contribution in [3.8, 4) is 0 Å². The number of nitrogens with zero attached hydrogens (tertiary/aromatic N) is 3. The predicted molar refractivity (Wildman–Crippen MR) is 76.9 cm³/mol. The molecular weight excluding hydrogens is 240 g/mol. The fourth-order valence-corrected chi connectivity index (χ4v) is 2.77. The molecular formula is C14H24N4O. The van der Waals surface area contributed by atoms with Crippen LogP contribution in [0.25, 0.3) is 0 Å². The minimum Gasteiger partial charge on any atom is -0.396 e. The molecule has 5 heteroatoms. The van der Waals surface area contributed by atoms with E-state index in [1.807, 2.05) is 0 Å². The first-order chi connectivity index (χ1) is 9.19. The predicted octanol–water partition coefficient (Wildman–Crippen LogP) is 1.83. The Morgan fingerprint density at radius 1 is 1.37 bits per heavy atom. The summed E-state index contributed by atoms with van der Waals surface area (Å²) in [5, 5.41) is 9.70. The molecule has 0 unspecified atom stereocenters.